The van der Waals surface area contributed by atoms with Gasteiger partial charge in [-0.05, 0) is 18.2 Å². The highest BCUT2D eigenvalue weighted by Gasteiger charge is 2.13. The average molecular weight is 284 g/mol. The molecule has 108 valence electrons. The number of ether oxygens (including phenoxy) is 2. The maximum atomic E-state index is 12.4. The maximum absolute atomic E-state index is 12.4. The van der Waals surface area contributed by atoms with Crippen molar-refractivity contribution in [1.29, 1.82) is 0 Å². The quantitative estimate of drug-likeness (QED) is 0.870. The maximum Gasteiger partial charge on any atom is 0.387 e. The van der Waals surface area contributed by atoms with Crippen LogP contribution in [-0.2, 0) is 6.54 Å². The summed E-state index contributed by atoms with van der Waals surface area (Å²) in [5.41, 5.74) is 6.56. The minimum atomic E-state index is -2.92. The number of hydrogen-bond donors (Lipinski definition) is 1. The van der Waals surface area contributed by atoms with E-state index in [9.17, 15) is 8.78 Å². The van der Waals surface area contributed by atoms with Crippen LogP contribution in [0.1, 0.15) is 0 Å². The van der Waals surface area contributed by atoms with Gasteiger partial charge in [0.1, 0.15) is 5.69 Å². The van der Waals surface area contributed by atoms with Crippen LogP contribution in [0.5, 0.6) is 11.5 Å². The highest BCUT2D eigenvalue weighted by molar-refractivity contribution is 5.63. The number of halogens is 2. The Labute approximate surface area is 114 Å². The Morgan fingerprint density at radius 3 is 2.80 bits per heavy atom. The van der Waals surface area contributed by atoms with Gasteiger partial charge in [0.2, 0.25) is 0 Å². The number of methoxy groups -OCH3 is 1. The summed E-state index contributed by atoms with van der Waals surface area (Å²) in [7, 11) is 1.38. The van der Waals surface area contributed by atoms with Gasteiger partial charge in [0.15, 0.2) is 11.5 Å². The lowest BCUT2D eigenvalue weighted by Gasteiger charge is -2.10. The van der Waals surface area contributed by atoms with Crippen molar-refractivity contribution >= 4 is 0 Å². The number of hydrogen-bond acceptors (Lipinski definition) is 5. The molecule has 0 atom stereocenters. The molecular weight excluding hydrogens is 270 g/mol. The van der Waals surface area contributed by atoms with Crippen LogP contribution in [0.4, 0.5) is 8.78 Å². The first-order chi connectivity index (χ1) is 9.63. The van der Waals surface area contributed by atoms with Crippen LogP contribution in [0.15, 0.2) is 24.4 Å². The van der Waals surface area contributed by atoms with Gasteiger partial charge in [-0.3, -0.25) is 4.68 Å². The predicted octanol–water partition coefficient (Wildman–Crippen LogP) is 1.51. The summed E-state index contributed by atoms with van der Waals surface area (Å²) in [6.45, 7) is -1.96. The summed E-state index contributed by atoms with van der Waals surface area (Å²) in [5.74, 6) is 0.178. The van der Waals surface area contributed by atoms with Gasteiger partial charge in [-0.1, -0.05) is 5.21 Å². The second kappa shape index (κ2) is 6.29. The molecule has 0 saturated heterocycles. The Morgan fingerprint density at radius 1 is 1.35 bits per heavy atom. The largest absolute Gasteiger partial charge is 0.493 e. The highest BCUT2D eigenvalue weighted by atomic mass is 19.3. The second-order valence-electron chi connectivity index (χ2n) is 3.90. The van der Waals surface area contributed by atoms with E-state index in [2.05, 4.69) is 15.0 Å². The molecule has 0 aliphatic rings. The summed E-state index contributed by atoms with van der Waals surface area (Å²) in [5, 5.41) is 7.84. The van der Waals surface area contributed by atoms with E-state index in [4.69, 9.17) is 10.5 Å². The number of nitrogens with zero attached hydrogens (tertiary/aromatic N) is 3. The summed E-state index contributed by atoms with van der Waals surface area (Å²) >= 11 is 0. The monoisotopic (exact) mass is 284 g/mol. The SMILES string of the molecule is COc1ccc(-c2cn(CCN)nn2)cc1OC(F)F. The fourth-order valence-corrected chi connectivity index (χ4v) is 1.70. The molecule has 0 unspecified atom stereocenters. The molecular formula is C12H14F2N4O2. The lowest BCUT2D eigenvalue weighted by molar-refractivity contribution is -0.0511. The standard InChI is InChI=1S/C12H14F2N4O2/c1-19-10-3-2-8(6-11(10)20-12(13)14)9-7-18(5-4-15)17-16-9/h2-3,6-7,12H,4-5,15H2,1H3. The minimum absolute atomic E-state index is 0.0478. The molecule has 1 aromatic heterocycles. The molecule has 0 amide bonds. The number of nitrogens with two attached hydrogens (primary N) is 1. The van der Waals surface area contributed by atoms with Crippen LogP contribution in [0.2, 0.25) is 0 Å². The van der Waals surface area contributed by atoms with Crippen molar-refractivity contribution in [3.63, 3.8) is 0 Å². The van der Waals surface area contributed by atoms with E-state index < -0.39 is 6.61 Å². The lowest BCUT2D eigenvalue weighted by Crippen LogP contribution is -2.10. The molecule has 0 spiro atoms. The third-order valence-corrected chi connectivity index (χ3v) is 2.57. The predicted molar refractivity (Wildman–Crippen MR) is 67.7 cm³/mol. The molecule has 6 nitrogen and oxygen atoms in total. The second-order valence-corrected chi connectivity index (χ2v) is 3.90. The smallest absolute Gasteiger partial charge is 0.387 e. The van der Waals surface area contributed by atoms with E-state index in [1.54, 1.807) is 16.9 Å². The van der Waals surface area contributed by atoms with Crippen LogP contribution in [0.3, 0.4) is 0 Å². The fraction of sp³-hybridized carbons (Fsp3) is 0.333. The zero-order valence-electron chi connectivity index (χ0n) is 10.8. The molecule has 0 radical (unpaired) electrons. The fourth-order valence-electron chi connectivity index (χ4n) is 1.70. The van der Waals surface area contributed by atoms with Gasteiger partial charge in [0.25, 0.3) is 0 Å². The van der Waals surface area contributed by atoms with Crippen molar-refractivity contribution in [3.05, 3.63) is 24.4 Å². The molecule has 2 N–H and O–H groups in total. The molecule has 2 rings (SSSR count). The molecule has 0 aliphatic carbocycles. The first kappa shape index (κ1) is 14.2. The molecule has 0 fully saturated rings. The van der Waals surface area contributed by atoms with E-state index >= 15 is 0 Å². The summed E-state index contributed by atoms with van der Waals surface area (Å²) < 4.78 is 35.7. The van der Waals surface area contributed by atoms with Crippen molar-refractivity contribution in [2.24, 2.45) is 5.73 Å². The Hall–Kier alpha value is -2.22. The van der Waals surface area contributed by atoms with Crippen LogP contribution >= 0.6 is 0 Å². The number of rotatable bonds is 6. The first-order valence-electron chi connectivity index (χ1n) is 5.87. The Bertz CT molecular complexity index is 574. The van der Waals surface area contributed by atoms with Gasteiger partial charge in [0, 0.05) is 12.1 Å². The van der Waals surface area contributed by atoms with E-state index in [1.165, 1.54) is 19.2 Å². The van der Waals surface area contributed by atoms with Crippen LogP contribution in [-0.4, -0.2) is 35.3 Å². The van der Waals surface area contributed by atoms with Gasteiger partial charge in [-0.15, -0.1) is 5.10 Å². The number of alkyl halides is 2. The van der Waals surface area contributed by atoms with Gasteiger partial charge < -0.3 is 15.2 Å². The molecule has 1 heterocycles. The van der Waals surface area contributed by atoms with E-state index in [0.29, 0.717) is 24.3 Å². The average Bonchev–Trinajstić information content (AvgIpc) is 2.87. The number of aromatic nitrogens is 3. The summed E-state index contributed by atoms with van der Waals surface area (Å²) in [4.78, 5) is 0. The highest BCUT2D eigenvalue weighted by Crippen LogP contribution is 2.32. The van der Waals surface area contributed by atoms with Crippen LogP contribution < -0.4 is 15.2 Å². The van der Waals surface area contributed by atoms with Crippen molar-refractivity contribution < 1.29 is 18.3 Å². The van der Waals surface area contributed by atoms with E-state index in [1.807, 2.05) is 0 Å². The van der Waals surface area contributed by atoms with E-state index in [0.717, 1.165) is 0 Å². The summed E-state index contributed by atoms with van der Waals surface area (Å²) in [6.07, 6.45) is 1.68. The summed E-state index contributed by atoms with van der Waals surface area (Å²) in [6, 6.07) is 4.66. The zero-order valence-corrected chi connectivity index (χ0v) is 10.8. The topological polar surface area (TPSA) is 75.2 Å². The van der Waals surface area contributed by atoms with Gasteiger partial charge in [0.05, 0.1) is 19.9 Å². The third kappa shape index (κ3) is 3.21. The van der Waals surface area contributed by atoms with Crippen molar-refractivity contribution in [2.45, 2.75) is 13.2 Å². The molecule has 0 aliphatic heterocycles. The van der Waals surface area contributed by atoms with Gasteiger partial charge in [-0.25, -0.2) is 0 Å². The molecule has 2 aromatic rings. The third-order valence-electron chi connectivity index (χ3n) is 2.57. The van der Waals surface area contributed by atoms with Crippen molar-refractivity contribution in [1.82, 2.24) is 15.0 Å². The molecule has 8 heteroatoms. The molecule has 20 heavy (non-hydrogen) atoms. The Balaban J connectivity index is 2.31. The Kier molecular flexibility index (Phi) is 4.46. The number of benzene rings is 1. The Morgan fingerprint density at radius 2 is 2.15 bits per heavy atom. The first-order valence-corrected chi connectivity index (χ1v) is 5.87. The van der Waals surface area contributed by atoms with Gasteiger partial charge in [-0.2, -0.15) is 8.78 Å². The van der Waals surface area contributed by atoms with Crippen LogP contribution in [0.25, 0.3) is 11.3 Å². The minimum Gasteiger partial charge on any atom is -0.493 e. The van der Waals surface area contributed by atoms with Crippen molar-refractivity contribution in [3.8, 4) is 22.8 Å². The molecule has 0 bridgehead atoms. The molecule has 0 saturated carbocycles. The molecule has 1 aromatic carbocycles. The normalized spacial score (nSPS) is 10.8. The zero-order chi connectivity index (χ0) is 14.5. The van der Waals surface area contributed by atoms with Gasteiger partial charge >= 0.3 is 6.61 Å². The van der Waals surface area contributed by atoms with Crippen molar-refractivity contribution in [2.75, 3.05) is 13.7 Å². The van der Waals surface area contributed by atoms with Crippen LogP contribution in [0, 0.1) is 0 Å². The lowest BCUT2D eigenvalue weighted by atomic mass is 10.1. The van der Waals surface area contributed by atoms with E-state index in [-0.39, 0.29) is 11.5 Å².